The van der Waals surface area contributed by atoms with Crippen LogP contribution in [0.15, 0.2) is 4.99 Å². The maximum Gasteiger partial charge on any atom is 0.403 e. The molecule has 1 fully saturated rings. The molecule has 1 aliphatic rings. The number of hydrogen-bond acceptors (Lipinski definition) is 3. The van der Waals surface area contributed by atoms with Gasteiger partial charge in [0.15, 0.2) is 5.96 Å². The van der Waals surface area contributed by atoms with E-state index in [-0.39, 0.29) is 24.0 Å². The molecule has 0 aliphatic carbocycles. The zero-order valence-electron chi connectivity index (χ0n) is 12.6. The molecule has 1 atom stereocenters. The Morgan fingerprint density at radius 2 is 1.86 bits per heavy atom. The summed E-state index contributed by atoms with van der Waals surface area (Å²) in [6.07, 6.45) is -4.17. The molecule has 1 unspecified atom stereocenters. The zero-order valence-corrected chi connectivity index (χ0v) is 14.9. The first-order valence-corrected chi connectivity index (χ1v) is 6.65. The molecule has 0 aromatic carbocycles. The number of aliphatic imine (C=N–C) groups is 1. The van der Waals surface area contributed by atoms with Gasteiger partial charge in [-0.1, -0.05) is 0 Å². The van der Waals surface area contributed by atoms with Crippen LogP contribution in [0.5, 0.6) is 0 Å². The number of guanidine groups is 1. The van der Waals surface area contributed by atoms with Gasteiger partial charge in [-0.05, 0) is 6.92 Å². The van der Waals surface area contributed by atoms with Gasteiger partial charge >= 0.3 is 6.18 Å². The highest BCUT2D eigenvalue weighted by Gasteiger charge is 2.40. The van der Waals surface area contributed by atoms with Crippen molar-refractivity contribution in [2.75, 3.05) is 53.5 Å². The predicted molar refractivity (Wildman–Crippen MR) is 87.3 cm³/mol. The fourth-order valence-corrected chi connectivity index (χ4v) is 2.13. The molecule has 0 bridgehead atoms. The summed E-state index contributed by atoms with van der Waals surface area (Å²) in [5.74, 6) is 0.710. The average Bonchev–Trinajstić information content (AvgIpc) is 2.42. The monoisotopic (exact) mass is 424 g/mol. The number of ether oxygens (including phenoxy) is 1. The van der Waals surface area contributed by atoms with Crippen molar-refractivity contribution in [2.45, 2.75) is 19.1 Å². The van der Waals surface area contributed by atoms with Crippen molar-refractivity contribution in [3.8, 4) is 0 Å². The largest absolute Gasteiger partial charge is 0.403 e. The molecule has 0 aromatic heterocycles. The van der Waals surface area contributed by atoms with E-state index in [0.29, 0.717) is 45.3 Å². The van der Waals surface area contributed by atoms with Crippen LogP contribution >= 0.6 is 24.0 Å². The summed E-state index contributed by atoms with van der Waals surface area (Å²) < 4.78 is 42.9. The van der Waals surface area contributed by atoms with E-state index in [1.54, 1.807) is 14.2 Å². The van der Waals surface area contributed by atoms with E-state index in [0.717, 1.165) is 0 Å². The lowest BCUT2D eigenvalue weighted by molar-refractivity contribution is -0.181. The van der Waals surface area contributed by atoms with Gasteiger partial charge in [-0.2, -0.15) is 13.2 Å². The molecule has 1 N–H and O–H groups in total. The second kappa shape index (κ2) is 9.67. The second-order valence-corrected chi connectivity index (χ2v) is 4.71. The first-order valence-electron chi connectivity index (χ1n) is 6.65. The van der Waals surface area contributed by atoms with Crippen LogP contribution in [-0.2, 0) is 4.74 Å². The number of halogens is 4. The SMILES string of the molecule is CN=C(NCCOC)N1CCN(C(C)C(F)(F)F)CC1.I. The van der Waals surface area contributed by atoms with Crippen LogP contribution in [0, 0.1) is 0 Å². The molecule has 1 heterocycles. The Bertz CT molecular complexity index is 320. The number of piperazine rings is 1. The van der Waals surface area contributed by atoms with E-state index in [1.807, 2.05) is 4.90 Å². The standard InChI is InChI=1S/C12H23F3N4O.HI/c1-10(12(13,14)15)18-5-7-19(8-6-18)11(16-2)17-4-9-20-3;/h10H,4-9H2,1-3H3,(H,16,17);1H. The van der Waals surface area contributed by atoms with E-state index in [9.17, 15) is 13.2 Å². The third kappa shape index (κ3) is 6.55. The summed E-state index contributed by atoms with van der Waals surface area (Å²) in [6, 6.07) is -1.40. The summed E-state index contributed by atoms with van der Waals surface area (Å²) >= 11 is 0. The summed E-state index contributed by atoms with van der Waals surface area (Å²) in [5, 5.41) is 3.12. The van der Waals surface area contributed by atoms with Crippen LogP contribution in [0.3, 0.4) is 0 Å². The zero-order chi connectivity index (χ0) is 15.2. The normalized spacial score (nSPS) is 19.1. The molecule has 0 spiro atoms. The molecular formula is C12H24F3IN4O. The first kappa shape index (κ1) is 20.7. The van der Waals surface area contributed by atoms with Crippen LogP contribution in [0.25, 0.3) is 0 Å². The Kier molecular flexibility index (Phi) is 9.54. The Balaban J connectivity index is 0.00000400. The lowest BCUT2D eigenvalue weighted by atomic mass is 10.2. The summed E-state index contributed by atoms with van der Waals surface area (Å²) in [7, 11) is 3.28. The first-order chi connectivity index (χ1) is 9.40. The number of alkyl halides is 3. The quantitative estimate of drug-likeness (QED) is 0.321. The van der Waals surface area contributed by atoms with Crippen molar-refractivity contribution in [1.82, 2.24) is 15.1 Å². The van der Waals surface area contributed by atoms with Crippen molar-refractivity contribution in [3.63, 3.8) is 0 Å². The summed E-state index contributed by atoms with van der Waals surface area (Å²) in [5.41, 5.74) is 0. The van der Waals surface area contributed by atoms with Gasteiger partial charge in [-0.25, -0.2) is 0 Å². The van der Waals surface area contributed by atoms with Gasteiger partial charge in [0.2, 0.25) is 0 Å². The molecule has 0 radical (unpaired) electrons. The lowest BCUT2D eigenvalue weighted by Gasteiger charge is -2.39. The van der Waals surface area contributed by atoms with E-state index in [2.05, 4.69) is 10.3 Å². The maximum atomic E-state index is 12.7. The Hall–Kier alpha value is -0.290. The molecule has 1 saturated heterocycles. The summed E-state index contributed by atoms with van der Waals surface area (Å²) in [4.78, 5) is 7.56. The fraction of sp³-hybridized carbons (Fsp3) is 0.917. The van der Waals surface area contributed by atoms with Crippen molar-refractivity contribution >= 4 is 29.9 Å². The van der Waals surface area contributed by atoms with Gasteiger partial charge in [-0.15, -0.1) is 24.0 Å². The number of nitrogens with zero attached hydrogens (tertiary/aromatic N) is 3. The Labute approximate surface area is 140 Å². The molecule has 0 amide bonds. The van der Waals surface area contributed by atoms with Gasteiger partial charge in [0, 0.05) is 46.9 Å². The third-order valence-electron chi connectivity index (χ3n) is 3.44. The van der Waals surface area contributed by atoms with Crippen LogP contribution < -0.4 is 5.32 Å². The molecule has 126 valence electrons. The van der Waals surface area contributed by atoms with Gasteiger partial charge in [-0.3, -0.25) is 9.89 Å². The van der Waals surface area contributed by atoms with E-state index in [4.69, 9.17) is 4.74 Å². The fourth-order valence-electron chi connectivity index (χ4n) is 2.13. The minimum Gasteiger partial charge on any atom is -0.383 e. The molecule has 0 aromatic rings. The van der Waals surface area contributed by atoms with Gasteiger partial charge < -0.3 is 15.0 Å². The third-order valence-corrected chi connectivity index (χ3v) is 3.44. The lowest BCUT2D eigenvalue weighted by Crippen LogP contribution is -2.57. The molecule has 1 rings (SSSR count). The maximum absolute atomic E-state index is 12.7. The van der Waals surface area contributed by atoms with Crippen LogP contribution in [-0.4, -0.2) is 81.5 Å². The van der Waals surface area contributed by atoms with Crippen LogP contribution in [0.4, 0.5) is 13.2 Å². The molecule has 0 saturated carbocycles. The Morgan fingerprint density at radius 3 is 2.29 bits per heavy atom. The molecular weight excluding hydrogens is 400 g/mol. The van der Waals surface area contributed by atoms with E-state index < -0.39 is 12.2 Å². The number of rotatable bonds is 4. The molecule has 21 heavy (non-hydrogen) atoms. The highest BCUT2D eigenvalue weighted by atomic mass is 127. The van der Waals surface area contributed by atoms with E-state index >= 15 is 0 Å². The average molecular weight is 424 g/mol. The minimum atomic E-state index is -4.17. The second-order valence-electron chi connectivity index (χ2n) is 4.71. The van der Waals surface area contributed by atoms with Crippen molar-refractivity contribution in [3.05, 3.63) is 0 Å². The van der Waals surface area contributed by atoms with Gasteiger partial charge in [0.25, 0.3) is 0 Å². The van der Waals surface area contributed by atoms with Crippen molar-refractivity contribution in [2.24, 2.45) is 4.99 Å². The smallest absolute Gasteiger partial charge is 0.383 e. The molecule has 5 nitrogen and oxygen atoms in total. The highest BCUT2D eigenvalue weighted by molar-refractivity contribution is 14.0. The number of nitrogens with one attached hydrogen (secondary N) is 1. The Morgan fingerprint density at radius 1 is 1.29 bits per heavy atom. The predicted octanol–water partition coefficient (Wildman–Crippen LogP) is 1.39. The van der Waals surface area contributed by atoms with Crippen LogP contribution in [0.1, 0.15) is 6.92 Å². The highest BCUT2D eigenvalue weighted by Crippen LogP contribution is 2.25. The van der Waals surface area contributed by atoms with Gasteiger partial charge in [0.1, 0.15) is 6.04 Å². The van der Waals surface area contributed by atoms with Crippen molar-refractivity contribution in [1.29, 1.82) is 0 Å². The summed E-state index contributed by atoms with van der Waals surface area (Å²) in [6.45, 7) is 4.23. The molecule has 9 heteroatoms. The van der Waals surface area contributed by atoms with Crippen molar-refractivity contribution < 1.29 is 17.9 Å². The molecule has 1 aliphatic heterocycles. The van der Waals surface area contributed by atoms with Crippen LogP contribution in [0.2, 0.25) is 0 Å². The van der Waals surface area contributed by atoms with Gasteiger partial charge in [0.05, 0.1) is 6.61 Å². The van der Waals surface area contributed by atoms with E-state index in [1.165, 1.54) is 11.8 Å². The minimum absolute atomic E-state index is 0. The number of hydrogen-bond donors (Lipinski definition) is 1. The number of methoxy groups -OCH3 is 1. The topological polar surface area (TPSA) is 40.1 Å².